The van der Waals surface area contributed by atoms with Crippen molar-refractivity contribution in [1.29, 1.82) is 5.39 Å². The van der Waals surface area contributed by atoms with E-state index in [1.54, 1.807) is 0 Å². The summed E-state index contributed by atoms with van der Waals surface area (Å²) >= 11 is 0. The Balaban J connectivity index is 0.000000203. The Bertz CT molecular complexity index is 528. The average molecular weight is 478 g/mol. The molecule has 2 nitrogen and oxygen atoms in total. The van der Waals surface area contributed by atoms with Gasteiger partial charge in [0.25, 0.3) is 0 Å². The summed E-state index contributed by atoms with van der Waals surface area (Å²) in [6.45, 7) is 0. The summed E-state index contributed by atoms with van der Waals surface area (Å²) in [6.07, 6.45) is 2.65. The summed E-state index contributed by atoms with van der Waals surface area (Å²) in [7, 11) is 25.0. The number of hydrogen-bond acceptors (Lipinski definition) is 1. The molecule has 1 aromatic carbocycles. The van der Waals surface area contributed by atoms with Gasteiger partial charge in [0, 0.05) is 6.08 Å². The van der Waals surface area contributed by atoms with Crippen molar-refractivity contribution in [2.24, 2.45) is 0 Å². The normalized spacial score (nSPS) is 17.3. The molecule has 18 heavy (non-hydrogen) atoms. The fourth-order valence-corrected chi connectivity index (χ4v) is 1.33. The first kappa shape index (κ1) is 17.0. The zero-order valence-electron chi connectivity index (χ0n) is 8.70. The zero-order valence-corrected chi connectivity index (χ0v) is 15.8. The van der Waals surface area contributed by atoms with E-state index in [0.29, 0.717) is 0 Å². The molecule has 0 spiro atoms. The van der Waals surface area contributed by atoms with Crippen molar-refractivity contribution in [1.82, 2.24) is 0 Å². The van der Waals surface area contributed by atoms with Crippen LogP contribution in [0.2, 0.25) is 0 Å². The van der Waals surface area contributed by atoms with E-state index in [2.05, 4.69) is 4.98 Å². The number of diazo groups is 1. The molecule has 0 saturated carbocycles. The predicted octanol–water partition coefficient (Wildman–Crippen LogP) is 6.19. The monoisotopic (exact) mass is 474 g/mol. The van der Waals surface area contributed by atoms with E-state index in [1.165, 1.54) is 11.1 Å². The third-order valence-electron chi connectivity index (χ3n) is 1.88. The van der Waals surface area contributed by atoms with Gasteiger partial charge in [-0.3, -0.25) is 0 Å². The summed E-state index contributed by atoms with van der Waals surface area (Å²) in [4.78, 5) is 3.16. The first-order valence-corrected chi connectivity index (χ1v) is 23.9. The van der Waals surface area contributed by atoms with E-state index in [-0.39, 0.29) is 0 Å². The van der Waals surface area contributed by atoms with Crippen molar-refractivity contribution in [3.05, 3.63) is 46.1 Å². The fourth-order valence-electron chi connectivity index (χ4n) is 1.33. The number of fused-ring (bicyclic) bond motifs is 1. The molecule has 0 atom stereocenters. The minimum absolute atomic E-state index is 0.742. The second kappa shape index (κ2) is 5.05. The van der Waals surface area contributed by atoms with E-state index >= 15 is 0 Å². The number of nitrogens with zero attached hydrogens (tertiary/aromatic N) is 2. The van der Waals surface area contributed by atoms with Gasteiger partial charge in [-0.15, -0.1) is 0 Å². The average Bonchev–Trinajstić information content (AvgIpc) is 2.55. The summed E-state index contributed by atoms with van der Waals surface area (Å²) in [5, 5.41) is 8.49. The standard InChI is InChI=1S/C9H7N2.6ClH.Sb/c10-11-9-5-7-3-1-2-4-8(7)6-9;;;;;;;/h1-5H,6H2;6*1H;/q+1;;;;;;;+5/p-6. The van der Waals surface area contributed by atoms with Crippen molar-refractivity contribution in [2.45, 2.75) is 6.42 Å². The van der Waals surface area contributed by atoms with Gasteiger partial charge in [-0.1, -0.05) is 24.3 Å². The molecule has 1 aliphatic carbocycles. The van der Waals surface area contributed by atoms with Crippen LogP contribution in [0.25, 0.3) is 11.1 Å². The van der Waals surface area contributed by atoms with Crippen molar-refractivity contribution in [3.8, 4) is 0 Å². The molecule has 9 heteroatoms. The van der Waals surface area contributed by atoms with Gasteiger partial charge in [-0.25, -0.2) is 0 Å². The molecule has 0 bridgehead atoms. The molecule has 0 heterocycles. The summed E-state index contributed by atoms with van der Waals surface area (Å²) in [5.41, 5.74) is 3.15. The van der Waals surface area contributed by atoms with Gasteiger partial charge in [-0.2, -0.15) is 0 Å². The van der Waals surface area contributed by atoms with Crippen LogP contribution in [0.5, 0.6) is 0 Å². The van der Waals surface area contributed by atoms with Crippen LogP contribution in [0.1, 0.15) is 11.1 Å². The maximum absolute atomic E-state index is 8.49. The van der Waals surface area contributed by atoms with Gasteiger partial charge >= 0.3 is 67.8 Å². The predicted molar refractivity (Wildman–Crippen MR) is 84.1 cm³/mol. The van der Waals surface area contributed by atoms with Crippen LogP contribution >= 0.6 is 53.0 Å². The van der Waals surface area contributed by atoms with Crippen molar-refractivity contribution in [3.63, 3.8) is 0 Å². The Morgan fingerprint density at radius 3 is 1.94 bits per heavy atom. The molecule has 1 aliphatic rings. The Labute approximate surface area is 125 Å². The third kappa shape index (κ3) is 8.94. The summed E-state index contributed by atoms with van der Waals surface area (Å²) in [5.74, 6) is 0. The number of hydrogen-bond donors (Lipinski definition) is 0. The minimum atomic E-state index is -5.42. The molecule has 0 amide bonds. The van der Waals surface area contributed by atoms with Crippen LogP contribution in [0.4, 0.5) is 0 Å². The number of allylic oxidation sites excluding steroid dienone is 1. The Morgan fingerprint density at radius 2 is 1.50 bits per heavy atom. The summed E-state index contributed by atoms with van der Waals surface area (Å²) in [6, 6.07) is 8.04. The van der Waals surface area contributed by atoms with Gasteiger partial charge in [-0.05, 0) is 11.1 Å². The van der Waals surface area contributed by atoms with Gasteiger partial charge in [0.05, 0.1) is 6.42 Å². The molecular formula is C9H7Cl6N2Sb. The molecule has 0 saturated heterocycles. The van der Waals surface area contributed by atoms with Crippen molar-refractivity contribution >= 4 is 68.2 Å². The van der Waals surface area contributed by atoms with Crippen LogP contribution in [-0.2, 0) is 6.42 Å². The molecule has 1 aromatic rings. The number of rotatable bonds is 0. The van der Waals surface area contributed by atoms with E-state index in [4.69, 9.17) is 58.4 Å². The first-order chi connectivity index (χ1) is 7.85. The van der Waals surface area contributed by atoms with Crippen LogP contribution in [0.3, 0.4) is 0 Å². The van der Waals surface area contributed by atoms with E-state index in [0.717, 1.165) is 12.1 Å². The molecule has 0 aliphatic heterocycles. The zero-order chi connectivity index (χ0) is 14.1. The van der Waals surface area contributed by atoms with E-state index in [1.807, 2.05) is 30.3 Å². The van der Waals surface area contributed by atoms with E-state index < -0.39 is 9.14 Å². The SMILES string of the molecule is N#[N+]C1=Cc2ccccc2C1.[Cl][Sb-]([Cl])([Cl])([Cl])([Cl])[Cl]. The summed E-state index contributed by atoms with van der Waals surface area (Å²) < 4.78 is 0. The van der Waals surface area contributed by atoms with E-state index in [9.17, 15) is 0 Å². The molecular weight excluding hydrogens is 471 g/mol. The fraction of sp³-hybridized carbons (Fsp3) is 0.111. The number of halogens is 6. The van der Waals surface area contributed by atoms with Gasteiger partial charge in [0.15, 0.2) is 4.98 Å². The second-order valence-electron chi connectivity index (χ2n) is 3.57. The number of benzene rings is 1. The van der Waals surface area contributed by atoms with Crippen molar-refractivity contribution in [2.75, 3.05) is 0 Å². The molecule has 100 valence electrons. The first-order valence-electron chi connectivity index (χ1n) is 4.55. The molecule has 0 fully saturated rings. The Kier molecular flexibility index (Phi) is 4.76. The van der Waals surface area contributed by atoms with Crippen LogP contribution in [0.15, 0.2) is 30.0 Å². The quantitative estimate of drug-likeness (QED) is 0.323. The Morgan fingerprint density at radius 1 is 1.00 bits per heavy atom. The van der Waals surface area contributed by atoms with Crippen molar-refractivity contribution < 1.29 is 0 Å². The third-order valence-corrected chi connectivity index (χ3v) is 1.88. The van der Waals surface area contributed by atoms with Crippen LogP contribution in [-0.4, -0.2) is 9.14 Å². The van der Waals surface area contributed by atoms with Crippen LogP contribution < -0.4 is 0 Å². The maximum atomic E-state index is 8.49. The molecule has 0 aromatic heterocycles. The molecule has 0 unspecified atom stereocenters. The molecule has 2 rings (SSSR count). The molecule has 0 radical (unpaired) electrons. The van der Waals surface area contributed by atoms with Crippen LogP contribution in [0, 0.1) is 5.39 Å². The van der Waals surface area contributed by atoms with Gasteiger partial charge < -0.3 is 0 Å². The van der Waals surface area contributed by atoms with Gasteiger partial charge in [0.1, 0.15) is 0 Å². The topological polar surface area (TPSA) is 28.1 Å². The van der Waals surface area contributed by atoms with Gasteiger partial charge in [0.2, 0.25) is 5.39 Å². The Hall–Kier alpha value is 0.938. The second-order valence-corrected chi connectivity index (χ2v) is 60.5. The molecule has 0 N–H and O–H groups in total.